The molecule has 1 aromatic carbocycles. The second-order valence-corrected chi connectivity index (χ2v) is 7.06. The van der Waals surface area contributed by atoms with Gasteiger partial charge in [0, 0.05) is 36.7 Å². The van der Waals surface area contributed by atoms with Crippen LogP contribution < -0.4 is 11.1 Å². The van der Waals surface area contributed by atoms with Crippen molar-refractivity contribution >= 4 is 29.9 Å². The lowest BCUT2D eigenvalue weighted by Gasteiger charge is -2.38. The Labute approximate surface area is 160 Å². The summed E-state index contributed by atoms with van der Waals surface area (Å²) < 4.78 is 11.2. The van der Waals surface area contributed by atoms with Crippen molar-refractivity contribution < 1.29 is 14.3 Å². The monoisotopic (exact) mass is 388 g/mol. The molecule has 3 rings (SSSR count). The topological polar surface area (TPSA) is 73.6 Å². The van der Waals surface area contributed by atoms with Gasteiger partial charge in [0.2, 0.25) is 5.91 Å². The molecule has 7 heteroatoms. The standard InChI is InChI=1S/C18H25ClN2O3.ClH/c19-15-4-2-1-3-14(15)18(7-9-23-10-8-18)12-21-17(22)16-6-5-13(11-20)24-16;/h1-4,13,16H,5-12,20H2,(H,21,22);1H/t13-,16+;/m1./s1. The zero-order chi connectivity index (χ0) is 17.0. The summed E-state index contributed by atoms with van der Waals surface area (Å²) in [6.07, 6.45) is 2.87. The fourth-order valence-corrected chi connectivity index (χ4v) is 3.97. The van der Waals surface area contributed by atoms with Gasteiger partial charge in [-0.05, 0) is 37.3 Å². The summed E-state index contributed by atoms with van der Waals surface area (Å²) in [6, 6.07) is 7.88. The number of nitrogens with one attached hydrogen (secondary N) is 1. The lowest BCUT2D eigenvalue weighted by Crippen LogP contribution is -2.47. The first-order chi connectivity index (χ1) is 11.6. The first-order valence-corrected chi connectivity index (χ1v) is 8.98. The molecule has 2 atom stereocenters. The van der Waals surface area contributed by atoms with Crippen LogP contribution in [-0.4, -0.2) is 44.4 Å². The van der Waals surface area contributed by atoms with Gasteiger partial charge in [0.05, 0.1) is 6.10 Å². The number of hydrogen-bond donors (Lipinski definition) is 2. The molecule has 1 amide bonds. The van der Waals surface area contributed by atoms with E-state index in [-0.39, 0.29) is 35.9 Å². The Hall–Kier alpha value is -0.850. The fraction of sp³-hybridized carbons (Fsp3) is 0.611. The van der Waals surface area contributed by atoms with Crippen LogP contribution in [0.5, 0.6) is 0 Å². The number of carbonyl (C=O) groups is 1. The minimum absolute atomic E-state index is 0. The Morgan fingerprint density at radius 2 is 2.00 bits per heavy atom. The maximum Gasteiger partial charge on any atom is 0.249 e. The maximum atomic E-state index is 12.5. The summed E-state index contributed by atoms with van der Waals surface area (Å²) in [6.45, 7) is 2.36. The highest BCUT2D eigenvalue weighted by Crippen LogP contribution is 2.38. The quantitative estimate of drug-likeness (QED) is 0.812. The average Bonchev–Trinajstić information content (AvgIpc) is 3.10. The molecule has 2 aliphatic heterocycles. The largest absolute Gasteiger partial charge is 0.381 e. The van der Waals surface area contributed by atoms with Gasteiger partial charge in [-0.25, -0.2) is 0 Å². The first kappa shape index (κ1) is 20.5. The van der Waals surface area contributed by atoms with Crippen molar-refractivity contribution in [1.82, 2.24) is 5.32 Å². The zero-order valence-electron chi connectivity index (χ0n) is 14.2. The smallest absolute Gasteiger partial charge is 0.249 e. The Balaban J connectivity index is 0.00000225. The molecule has 0 bridgehead atoms. The molecule has 2 saturated heterocycles. The second kappa shape index (κ2) is 9.19. The van der Waals surface area contributed by atoms with Gasteiger partial charge in [0.25, 0.3) is 0 Å². The predicted octanol–water partition coefficient (Wildman–Crippen LogP) is 2.43. The van der Waals surface area contributed by atoms with Gasteiger partial charge >= 0.3 is 0 Å². The number of halogens is 2. The summed E-state index contributed by atoms with van der Waals surface area (Å²) in [5.41, 5.74) is 6.52. The van der Waals surface area contributed by atoms with E-state index in [1.165, 1.54) is 0 Å². The van der Waals surface area contributed by atoms with Crippen molar-refractivity contribution in [3.05, 3.63) is 34.9 Å². The van der Waals surface area contributed by atoms with Crippen molar-refractivity contribution in [2.75, 3.05) is 26.3 Å². The van der Waals surface area contributed by atoms with Crippen LogP contribution in [0.3, 0.4) is 0 Å². The van der Waals surface area contributed by atoms with Crippen LogP contribution >= 0.6 is 24.0 Å². The summed E-state index contributed by atoms with van der Waals surface area (Å²) in [5.74, 6) is -0.0520. The van der Waals surface area contributed by atoms with E-state index in [9.17, 15) is 4.79 Å². The van der Waals surface area contributed by atoms with Gasteiger partial charge in [-0.2, -0.15) is 0 Å². The van der Waals surface area contributed by atoms with Crippen molar-refractivity contribution in [2.24, 2.45) is 5.73 Å². The number of carbonyl (C=O) groups excluding carboxylic acids is 1. The summed E-state index contributed by atoms with van der Waals surface area (Å²) in [4.78, 5) is 12.5. The molecular formula is C18H26Cl2N2O3. The van der Waals surface area contributed by atoms with Gasteiger partial charge in [-0.1, -0.05) is 29.8 Å². The van der Waals surface area contributed by atoms with Gasteiger partial charge in [-0.15, -0.1) is 12.4 Å². The molecule has 0 unspecified atom stereocenters. The van der Waals surface area contributed by atoms with Crippen molar-refractivity contribution in [3.63, 3.8) is 0 Å². The maximum absolute atomic E-state index is 12.5. The molecule has 1 aromatic rings. The Morgan fingerprint density at radius 3 is 2.64 bits per heavy atom. The molecule has 0 radical (unpaired) electrons. The lowest BCUT2D eigenvalue weighted by molar-refractivity contribution is -0.132. The summed E-state index contributed by atoms with van der Waals surface area (Å²) in [7, 11) is 0. The molecule has 5 nitrogen and oxygen atoms in total. The van der Waals surface area contributed by atoms with Crippen molar-refractivity contribution in [3.8, 4) is 0 Å². The molecule has 0 spiro atoms. The Kier molecular flexibility index (Phi) is 7.52. The second-order valence-electron chi connectivity index (χ2n) is 6.65. The predicted molar refractivity (Wildman–Crippen MR) is 100 cm³/mol. The molecule has 2 heterocycles. The van der Waals surface area contributed by atoms with E-state index in [0.717, 1.165) is 36.3 Å². The molecule has 2 fully saturated rings. The van der Waals surface area contributed by atoms with Gasteiger partial charge in [0.15, 0.2) is 0 Å². The Bertz CT molecular complexity index is 579. The molecular weight excluding hydrogens is 363 g/mol. The molecule has 2 aliphatic rings. The van der Waals surface area contributed by atoms with Gasteiger partial charge in [0.1, 0.15) is 6.10 Å². The van der Waals surface area contributed by atoms with Gasteiger partial charge in [-0.3, -0.25) is 4.79 Å². The SMILES string of the molecule is Cl.NC[C@H]1CC[C@@H](C(=O)NCC2(c3ccccc3Cl)CCOCC2)O1. The van der Waals surface area contributed by atoms with Gasteiger partial charge < -0.3 is 20.5 Å². The van der Waals surface area contributed by atoms with Crippen LogP contribution in [0.2, 0.25) is 5.02 Å². The third-order valence-corrected chi connectivity index (χ3v) is 5.49. The van der Waals surface area contributed by atoms with E-state index in [1.54, 1.807) is 0 Å². The normalized spacial score (nSPS) is 25.2. The minimum Gasteiger partial charge on any atom is -0.381 e. The van der Waals surface area contributed by atoms with E-state index in [4.69, 9.17) is 26.8 Å². The average molecular weight is 389 g/mol. The fourth-order valence-electron chi connectivity index (χ4n) is 3.64. The third kappa shape index (κ3) is 4.66. The van der Waals surface area contributed by atoms with Crippen molar-refractivity contribution in [1.29, 1.82) is 0 Å². The van der Waals surface area contributed by atoms with E-state index in [1.807, 2.05) is 18.2 Å². The van der Waals surface area contributed by atoms with Crippen LogP contribution in [-0.2, 0) is 19.7 Å². The number of rotatable bonds is 5. The van der Waals surface area contributed by atoms with Crippen LogP contribution in [0, 0.1) is 0 Å². The highest BCUT2D eigenvalue weighted by molar-refractivity contribution is 6.31. The van der Waals surface area contributed by atoms with Crippen LogP contribution in [0.1, 0.15) is 31.2 Å². The molecule has 0 saturated carbocycles. The van der Waals surface area contributed by atoms with Crippen LogP contribution in [0.25, 0.3) is 0 Å². The molecule has 0 aromatic heterocycles. The zero-order valence-corrected chi connectivity index (χ0v) is 15.8. The minimum atomic E-state index is -0.387. The number of ether oxygens (including phenoxy) is 2. The summed E-state index contributed by atoms with van der Waals surface area (Å²) >= 11 is 6.44. The molecule has 0 aliphatic carbocycles. The lowest BCUT2D eigenvalue weighted by atomic mass is 9.74. The third-order valence-electron chi connectivity index (χ3n) is 5.16. The summed E-state index contributed by atoms with van der Waals surface area (Å²) in [5, 5.41) is 3.83. The molecule has 140 valence electrons. The Morgan fingerprint density at radius 1 is 1.28 bits per heavy atom. The van der Waals surface area contributed by atoms with E-state index >= 15 is 0 Å². The first-order valence-electron chi connectivity index (χ1n) is 8.61. The number of amides is 1. The molecule has 25 heavy (non-hydrogen) atoms. The number of nitrogens with two attached hydrogens (primary N) is 1. The number of hydrogen-bond acceptors (Lipinski definition) is 4. The highest BCUT2D eigenvalue weighted by Gasteiger charge is 2.38. The van der Waals surface area contributed by atoms with E-state index < -0.39 is 0 Å². The van der Waals surface area contributed by atoms with Crippen molar-refractivity contribution in [2.45, 2.75) is 43.3 Å². The molecule has 3 N–H and O–H groups in total. The van der Waals surface area contributed by atoms with Crippen LogP contribution in [0.4, 0.5) is 0 Å². The van der Waals surface area contributed by atoms with E-state index in [2.05, 4.69) is 11.4 Å². The van der Waals surface area contributed by atoms with Crippen LogP contribution in [0.15, 0.2) is 24.3 Å². The van der Waals surface area contributed by atoms with E-state index in [0.29, 0.717) is 26.3 Å². The number of benzene rings is 1. The highest BCUT2D eigenvalue weighted by atomic mass is 35.5.